The molecule has 0 radical (unpaired) electrons. The molecule has 1 N–H and O–H groups in total. The summed E-state index contributed by atoms with van der Waals surface area (Å²) >= 11 is 0. The third kappa shape index (κ3) is 3.95. The number of aliphatic carboxylic acids is 1. The highest BCUT2D eigenvalue weighted by Gasteiger charge is 2.40. The fourth-order valence-electron chi connectivity index (χ4n) is 2.39. The van der Waals surface area contributed by atoms with Crippen molar-refractivity contribution in [2.75, 3.05) is 13.2 Å². The molecule has 1 aliphatic heterocycles. The number of benzene rings is 1. The van der Waals surface area contributed by atoms with E-state index >= 15 is 0 Å². The van der Waals surface area contributed by atoms with Gasteiger partial charge in [0.15, 0.2) is 0 Å². The van der Waals surface area contributed by atoms with E-state index in [2.05, 4.69) is 0 Å². The molecule has 1 amide bonds. The van der Waals surface area contributed by atoms with Crippen LogP contribution in [0.25, 0.3) is 0 Å². The van der Waals surface area contributed by atoms with Crippen molar-refractivity contribution in [2.24, 2.45) is 0 Å². The van der Waals surface area contributed by atoms with Gasteiger partial charge in [-0.15, -0.1) is 0 Å². The van der Waals surface area contributed by atoms with Crippen LogP contribution in [0.1, 0.15) is 18.9 Å². The Morgan fingerprint density at radius 3 is 2.67 bits per heavy atom. The van der Waals surface area contributed by atoms with E-state index in [0.717, 1.165) is 5.56 Å². The number of likely N-dealkylation sites (tertiary alicyclic amines) is 1. The van der Waals surface area contributed by atoms with Crippen molar-refractivity contribution in [3.8, 4) is 0 Å². The molecule has 0 unspecified atom stereocenters. The van der Waals surface area contributed by atoms with Gasteiger partial charge in [-0.1, -0.05) is 30.3 Å². The average molecular weight is 293 g/mol. The number of carbonyl (C=O) groups excluding carboxylic acids is 1. The minimum Gasteiger partial charge on any atom is -0.480 e. The van der Waals surface area contributed by atoms with Crippen molar-refractivity contribution in [1.82, 2.24) is 4.90 Å². The number of carboxylic acids is 1. The summed E-state index contributed by atoms with van der Waals surface area (Å²) < 4.78 is 10.6. The highest BCUT2D eigenvalue weighted by atomic mass is 16.6. The van der Waals surface area contributed by atoms with Crippen LogP contribution in [0, 0.1) is 0 Å². The van der Waals surface area contributed by atoms with Gasteiger partial charge in [0.05, 0.1) is 12.6 Å². The van der Waals surface area contributed by atoms with E-state index in [9.17, 15) is 14.7 Å². The van der Waals surface area contributed by atoms with Crippen molar-refractivity contribution >= 4 is 12.1 Å². The van der Waals surface area contributed by atoms with Gasteiger partial charge in [0.25, 0.3) is 0 Å². The number of nitrogens with zero attached hydrogens (tertiary/aromatic N) is 1. The minimum atomic E-state index is -1.03. The molecular weight excluding hydrogens is 274 g/mol. The Kier molecular flexibility index (Phi) is 5.16. The summed E-state index contributed by atoms with van der Waals surface area (Å²) in [5, 5.41) is 9.20. The third-order valence-corrected chi connectivity index (χ3v) is 3.39. The molecule has 0 saturated carbocycles. The lowest BCUT2D eigenvalue weighted by Crippen LogP contribution is -2.40. The van der Waals surface area contributed by atoms with E-state index in [-0.39, 0.29) is 19.3 Å². The maximum atomic E-state index is 12.1. The van der Waals surface area contributed by atoms with Gasteiger partial charge in [0.1, 0.15) is 12.6 Å². The van der Waals surface area contributed by atoms with Gasteiger partial charge in [0.2, 0.25) is 0 Å². The monoisotopic (exact) mass is 293 g/mol. The predicted octanol–water partition coefficient (Wildman–Crippen LogP) is 1.89. The van der Waals surface area contributed by atoms with Crippen LogP contribution >= 0.6 is 0 Å². The van der Waals surface area contributed by atoms with E-state index in [1.165, 1.54) is 4.90 Å². The third-order valence-electron chi connectivity index (χ3n) is 3.39. The van der Waals surface area contributed by atoms with Crippen LogP contribution < -0.4 is 0 Å². The van der Waals surface area contributed by atoms with Gasteiger partial charge in [-0.05, 0) is 12.5 Å². The quantitative estimate of drug-likeness (QED) is 0.897. The van der Waals surface area contributed by atoms with Gasteiger partial charge in [-0.2, -0.15) is 0 Å². The first-order valence-corrected chi connectivity index (χ1v) is 6.93. The maximum absolute atomic E-state index is 12.1. The molecule has 2 rings (SSSR count). The molecule has 1 aromatic rings. The van der Waals surface area contributed by atoms with Gasteiger partial charge in [0, 0.05) is 13.0 Å². The van der Waals surface area contributed by atoms with Crippen LogP contribution in [-0.4, -0.2) is 47.4 Å². The molecule has 0 spiro atoms. The number of amides is 1. The molecule has 6 heteroatoms. The fraction of sp³-hybridized carbons (Fsp3) is 0.467. The Balaban J connectivity index is 1.94. The summed E-state index contributed by atoms with van der Waals surface area (Å²) in [4.78, 5) is 24.5. The van der Waals surface area contributed by atoms with Crippen LogP contribution in [0.5, 0.6) is 0 Å². The molecular formula is C15H19NO5. The van der Waals surface area contributed by atoms with Crippen molar-refractivity contribution in [1.29, 1.82) is 0 Å². The zero-order valence-electron chi connectivity index (χ0n) is 11.9. The lowest BCUT2D eigenvalue weighted by Gasteiger charge is -2.20. The molecule has 2 atom stereocenters. The lowest BCUT2D eigenvalue weighted by atomic mass is 10.2. The van der Waals surface area contributed by atoms with Crippen LogP contribution in [0.3, 0.4) is 0 Å². The number of rotatable bonds is 5. The van der Waals surface area contributed by atoms with Crippen molar-refractivity contribution < 1.29 is 24.2 Å². The van der Waals surface area contributed by atoms with Gasteiger partial charge >= 0.3 is 12.1 Å². The number of hydrogen-bond donors (Lipinski definition) is 1. The summed E-state index contributed by atoms with van der Waals surface area (Å²) in [7, 11) is 0. The number of hydrogen-bond acceptors (Lipinski definition) is 4. The van der Waals surface area contributed by atoms with Crippen LogP contribution in [0.2, 0.25) is 0 Å². The standard InChI is InChI=1S/C15H19NO5/c1-2-20-12-8-13(14(17)18)16(9-12)15(19)21-10-11-6-4-3-5-7-11/h3-7,12-13H,2,8-10H2,1H3,(H,17,18)/t12-,13+/m1/s1. The molecule has 0 bridgehead atoms. The van der Waals surface area contributed by atoms with E-state index in [4.69, 9.17) is 9.47 Å². The predicted molar refractivity (Wildman–Crippen MR) is 74.8 cm³/mol. The second kappa shape index (κ2) is 7.08. The summed E-state index contributed by atoms with van der Waals surface area (Å²) in [5.41, 5.74) is 0.860. The van der Waals surface area contributed by atoms with E-state index in [0.29, 0.717) is 13.0 Å². The molecule has 114 valence electrons. The second-order valence-corrected chi connectivity index (χ2v) is 4.86. The smallest absolute Gasteiger partial charge is 0.410 e. The Morgan fingerprint density at radius 2 is 2.05 bits per heavy atom. The molecule has 1 fully saturated rings. The Hall–Kier alpha value is -2.08. The average Bonchev–Trinajstić information content (AvgIpc) is 2.90. The fourth-order valence-corrected chi connectivity index (χ4v) is 2.39. The summed E-state index contributed by atoms with van der Waals surface area (Å²) in [5.74, 6) is -1.03. The Morgan fingerprint density at radius 1 is 1.33 bits per heavy atom. The van der Waals surface area contributed by atoms with Crippen molar-refractivity contribution in [3.05, 3.63) is 35.9 Å². The SMILES string of the molecule is CCO[C@@H]1C[C@@H](C(=O)O)N(C(=O)OCc2ccccc2)C1. The maximum Gasteiger partial charge on any atom is 0.410 e. The zero-order valence-corrected chi connectivity index (χ0v) is 11.9. The lowest BCUT2D eigenvalue weighted by molar-refractivity contribution is -0.141. The minimum absolute atomic E-state index is 0.127. The van der Waals surface area contributed by atoms with Gasteiger partial charge in [-0.3, -0.25) is 4.90 Å². The molecule has 0 aromatic heterocycles. The van der Waals surface area contributed by atoms with Crippen LogP contribution in [-0.2, 0) is 20.9 Å². The number of carbonyl (C=O) groups is 2. The molecule has 1 aromatic carbocycles. The van der Waals surface area contributed by atoms with Crippen molar-refractivity contribution in [2.45, 2.75) is 32.1 Å². The molecule has 1 heterocycles. The first kappa shape index (κ1) is 15.3. The zero-order chi connectivity index (χ0) is 15.2. The first-order chi connectivity index (χ1) is 10.1. The highest BCUT2D eigenvalue weighted by molar-refractivity contribution is 5.80. The summed E-state index contributed by atoms with van der Waals surface area (Å²) in [6.07, 6.45) is -0.572. The largest absolute Gasteiger partial charge is 0.480 e. The van der Waals surface area contributed by atoms with E-state index < -0.39 is 18.1 Å². The van der Waals surface area contributed by atoms with Crippen LogP contribution in [0.4, 0.5) is 4.79 Å². The van der Waals surface area contributed by atoms with Gasteiger partial charge < -0.3 is 14.6 Å². The summed E-state index contributed by atoms with van der Waals surface area (Å²) in [6.45, 7) is 2.70. The second-order valence-electron chi connectivity index (χ2n) is 4.86. The number of carboxylic acid groups (broad SMARTS) is 1. The normalized spacial score (nSPS) is 21.3. The van der Waals surface area contributed by atoms with E-state index in [1.807, 2.05) is 37.3 Å². The number of ether oxygens (including phenoxy) is 2. The molecule has 21 heavy (non-hydrogen) atoms. The molecule has 6 nitrogen and oxygen atoms in total. The highest BCUT2D eigenvalue weighted by Crippen LogP contribution is 2.22. The van der Waals surface area contributed by atoms with Gasteiger partial charge in [-0.25, -0.2) is 9.59 Å². The molecule has 1 saturated heterocycles. The Bertz CT molecular complexity index is 490. The van der Waals surface area contributed by atoms with Crippen molar-refractivity contribution in [3.63, 3.8) is 0 Å². The molecule has 0 aliphatic carbocycles. The van der Waals surface area contributed by atoms with E-state index in [1.54, 1.807) is 0 Å². The first-order valence-electron chi connectivity index (χ1n) is 6.93. The Labute approximate surface area is 123 Å². The van der Waals surface area contributed by atoms with Crippen LogP contribution in [0.15, 0.2) is 30.3 Å². The topological polar surface area (TPSA) is 76.1 Å². The molecule has 1 aliphatic rings. The summed E-state index contributed by atoms with van der Waals surface area (Å²) in [6, 6.07) is 8.38.